The van der Waals surface area contributed by atoms with Gasteiger partial charge in [0.05, 0.1) is 18.5 Å². The lowest BCUT2D eigenvalue weighted by molar-refractivity contribution is 0.00151. The molecule has 1 aliphatic rings. The van der Waals surface area contributed by atoms with E-state index in [0.29, 0.717) is 11.3 Å². The van der Waals surface area contributed by atoms with Crippen LogP contribution in [0.2, 0.25) is 0 Å². The molecule has 1 rings (SSSR count). The van der Waals surface area contributed by atoms with Crippen LogP contribution in [0.4, 0.5) is 0 Å². The largest absolute Gasteiger partial charge is 0.377 e. The van der Waals surface area contributed by atoms with Crippen molar-refractivity contribution in [3.63, 3.8) is 0 Å². The first-order valence-electron chi connectivity index (χ1n) is 9.02. The SMILES string of the molecule is CCCCCCOC1CCC(C(C)(C)CC)CC1S(=O)OC. The molecular formula is C18H36O3S. The summed E-state index contributed by atoms with van der Waals surface area (Å²) in [6, 6.07) is 0. The van der Waals surface area contributed by atoms with Crippen molar-refractivity contribution in [1.82, 2.24) is 0 Å². The van der Waals surface area contributed by atoms with Crippen molar-refractivity contribution in [1.29, 1.82) is 0 Å². The zero-order valence-corrected chi connectivity index (χ0v) is 16.0. The van der Waals surface area contributed by atoms with Gasteiger partial charge in [-0.25, -0.2) is 4.21 Å². The highest BCUT2D eigenvalue weighted by atomic mass is 32.2. The summed E-state index contributed by atoms with van der Waals surface area (Å²) in [5.74, 6) is 0.613. The molecule has 0 spiro atoms. The van der Waals surface area contributed by atoms with Crippen LogP contribution in [-0.2, 0) is 20.0 Å². The Morgan fingerprint density at radius 2 is 1.86 bits per heavy atom. The first-order chi connectivity index (χ1) is 10.5. The van der Waals surface area contributed by atoms with E-state index in [0.717, 1.165) is 32.3 Å². The van der Waals surface area contributed by atoms with Gasteiger partial charge in [-0.05, 0) is 37.0 Å². The topological polar surface area (TPSA) is 35.5 Å². The van der Waals surface area contributed by atoms with E-state index in [4.69, 9.17) is 8.92 Å². The van der Waals surface area contributed by atoms with Crippen molar-refractivity contribution in [3.05, 3.63) is 0 Å². The fourth-order valence-electron chi connectivity index (χ4n) is 3.38. The number of hydrogen-bond donors (Lipinski definition) is 0. The molecule has 1 saturated carbocycles. The lowest BCUT2D eigenvalue weighted by Gasteiger charge is -2.42. The molecular weight excluding hydrogens is 296 g/mol. The molecule has 1 fully saturated rings. The minimum absolute atomic E-state index is 0.0285. The van der Waals surface area contributed by atoms with Gasteiger partial charge in [0.2, 0.25) is 0 Å². The molecule has 4 unspecified atom stereocenters. The highest BCUT2D eigenvalue weighted by Gasteiger charge is 2.40. The van der Waals surface area contributed by atoms with Gasteiger partial charge >= 0.3 is 0 Å². The van der Waals surface area contributed by atoms with Gasteiger partial charge < -0.3 is 4.74 Å². The van der Waals surface area contributed by atoms with Crippen LogP contribution in [0.1, 0.15) is 79.1 Å². The third-order valence-corrected chi connectivity index (χ3v) is 6.81. The molecule has 0 bridgehead atoms. The van der Waals surface area contributed by atoms with Crippen molar-refractivity contribution < 1.29 is 13.1 Å². The van der Waals surface area contributed by atoms with Gasteiger partial charge in [-0.2, -0.15) is 0 Å². The quantitative estimate of drug-likeness (QED) is 0.536. The molecule has 0 aromatic carbocycles. The summed E-state index contributed by atoms with van der Waals surface area (Å²) < 4.78 is 23.5. The van der Waals surface area contributed by atoms with Crippen LogP contribution < -0.4 is 0 Å². The lowest BCUT2D eigenvalue weighted by Crippen LogP contribution is -2.43. The molecule has 0 saturated heterocycles. The molecule has 1 aliphatic carbocycles. The summed E-state index contributed by atoms with van der Waals surface area (Å²) in [6.45, 7) is 9.92. The average molecular weight is 333 g/mol. The van der Waals surface area contributed by atoms with E-state index >= 15 is 0 Å². The fraction of sp³-hybridized carbons (Fsp3) is 1.00. The monoisotopic (exact) mass is 332 g/mol. The molecule has 0 heterocycles. The van der Waals surface area contributed by atoms with E-state index in [-0.39, 0.29) is 11.4 Å². The van der Waals surface area contributed by atoms with Crippen LogP contribution in [0.5, 0.6) is 0 Å². The second-order valence-electron chi connectivity index (χ2n) is 7.29. The second-order valence-corrected chi connectivity index (χ2v) is 8.75. The van der Waals surface area contributed by atoms with Crippen LogP contribution in [0, 0.1) is 11.3 Å². The highest BCUT2D eigenvalue weighted by Crippen LogP contribution is 2.42. The minimum atomic E-state index is -1.23. The Labute approximate surface area is 140 Å². The van der Waals surface area contributed by atoms with E-state index in [1.165, 1.54) is 25.7 Å². The predicted molar refractivity (Wildman–Crippen MR) is 94.2 cm³/mol. The smallest absolute Gasteiger partial charge is 0.161 e. The first kappa shape index (κ1) is 20.1. The van der Waals surface area contributed by atoms with Crippen molar-refractivity contribution in [3.8, 4) is 0 Å². The molecule has 0 N–H and O–H groups in total. The molecule has 4 heteroatoms. The van der Waals surface area contributed by atoms with E-state index in [2.05, 4.69) is 27.7 Å². The molecule has 0 aliphatic heterocycles. The third-order valence-electron chi connectivity index (χ3n) is 5.49. The van der Waals surface area contributed by atoms with Crippen LogP contribution in [0.25, 0.3) is 0 Å². The number of ether oxygens (including phenoxy) is 1. The predicted octanol–water partition coefficient (Wildman–Crippen LogP) is 4.87. The lowest BCUT2D eigenvalue weighted by atomic mass is 9.69. The number of rotatable bonds is 10. The Hall–Kier alpha value is 0.0700. The van der Waals surface area contributed by atoms with Crippen molar-refractivity contribution in [2.24, 2.45) is 11.3 Å². The molecule has 132 valence electrons. The van der Waals surface area contributed by atoms with Crippen molar-refractivity contribution in [2.75, 3.05) is 13.7 Å². The van der Waals surface area contributed by atoms with Gasteiger partial charge in [-0.3, -0.25) is 4.18 Å². The van der Waals surface area contributed by atoms with Gasteiger partial charge in [-0.1, -0.05) is 53.4 Å². The molecule has 0 radical (unpaired) electrons. The van der Waals surface area contributed by atoms with E-state index in [1.54, 1.807) is 7.11 Å². The Bertz CT molecular complexity index is 330. The van der Waals surface area contributed by atoms with Gasteiger partial charge in [0.1, 0.15) is 0 Å². The molecule has 0 aromatic heterocycles. The standard InChI is InChI=1S/C18H36O3S/c1-6-8-9-10-13-21-16-12-11-15(18(3,4)7-2)14-17(16)22(19)20-5/h15-17H,6-14H2,1-5H3. The maximum absolute atomic E-state index is 12.3. The van der Waals surface area contributed by atoms with Crippen LogP contribution >= 0.6 is 0 Å². The van der Waals surface area contributed by atoms with Crippen molar-refractivity contribution >= 4 is 11.1 Å². The Kier molecular flexibility index (Phi) is 9.18. The van der Waals surface area contributed by atoms with Gasteiger partial charge in [0.15, 0.2) is 11.1 Å². The molecule has 3 nitrogen and oxygen atoms in total. The Balaban J connectivity index is 2.56. The average Bonchev–Trinajstić information content (AvgIpc) is 2.53. The third kappa shape index (κ3) is 5.93. The summed E-state index contributed by atoms with van der Waals surface area (Å²) in [6.07, 6.45) is 9.27. The zero-order valence-electron chi connectivity index (χ0n) is 15.2. The normalized spacial score (nSPS) is 27.8. The summed E-state index contributed by atoms with van der Waals surface area (Å²) in [5, 5.41) is 0.0285. The van der Waals surface area contributed by atoms with Crippen molar-refractivity contribution in [2.45, 2.75) is 90.4 Å². The zero-order chi connectivity index (χ0) is 16.6. The number of unbranched alkanes of at least 4 members (excludes halogenated alkanes) is 3. The van der Waals surface area contributed by atoms with Gasteiger partial charge in [-0.15, -0.1) is 0 Å². The summed E-state index contributed by atoms with van der Waals surface area (Å²) in [5.41, 5.74) is 0.308. The van der Waals surface area contributed by atoms with Crippen LogP contribution in [-0.4, -0.2) is 29.3 Å². The maximum Gasteiger partial charge on any atom is 0.161 e. The molecule has 4 atom stereocenters. The van der Waals surface area contributed by atoms with E-state index < -0.39 is 11.1 Å². The molecule has 0 aromatic rings. The minimum Gasteiger partial charge on any atom is -0.377 e. The fourth-order valence-corrected chi connectivity index (χ4v) is 4.48. The first-order valence-corrected chi connectivity index (χ1v) is 10.2. The highest BCUT2D eigenvalue weighted by molar-refractivity contribution is 7.80. The molecule has 0 amide bonds. The summed E-state index contributed by atoms with van der Waals surface area (Å²) in [4.78, 5) is 0. The van der Waals surface area contributed by atoms with Crippen LogP contribution in [0.3, 0.4) is 0 Å². The Morgan fingerprint density at radius 3 is 2.45 bits per heavy atom. The van der Waals surface area contributed by atoms with Gasteiger partial charge in [0.25, 0.3) is 0 Å². The summed E-state index contributed by atoms with van der Waals surface area (Å²) >= 11 is -1.23. The number of hydrogen-bond acceptors (Lipinski definition) is 3. The van der Waals surface area contributed by atoms with Gasteiger partial charge in [0, 0.05) is 6.61 Å². The van der Waals surface area contributed by atoms with Crippen LogP contribution in [0.15, 0.2) is 0 Å². The Morgan fingerprint density at radius 1 is 1.14 bits per heavy atom. The summed E-state index contributed by atoms with van der Waals surface area (Å²) in [7, 11) is 1.54. The van der Waals surface area contributed by atoms with E-state index in [1.807, 2.05) is 0 Å². The molecule has 22 heavy (non-hydrogen) atoms. The maximum atomic E-state index is 12.3. The second kappa shape index (κ2) is 10.0. The van der Waals surface area contributed by atoms with E-state index in [9.17, 15) is 4.21 Å².